The van der Waals surface area contributed by atoms with Crippen LogP contribution in [0.1, 0.15) is 5.76 Å². The summed E-state index contributed by atoms with van der Waals surface area (Å²) in [6, 6.07) is 9.60. The Balaban J connectivity index is 1.73. The normalized spacial score (nSPS) is 11.2. The van der Waals surface area contributed by atoms with Gasteiger partial charge in [-0.2, -0.15) is 0 Å². The first-order chi connectivity index (χ1) is 9.31. The lowest BCUT2D eigenvalue weighted by molar-refractivity contribution is -0.111. The summed E-state index contributed by atoms with van der Waals surface area (Å²) in [7, 11) is 0. The number of para-hydroxylation sites is 1. The van der Waals surface area contributed by atoms with Crippen molar-refractivity contribution >= 4 is 39.4 Å². The minimum atomic E-state index is -0.226. The number of thiazole rings is 1. The molecule has 3 aromatic rings. The van der Waals surface area contributed by atoms with Crippen LogP contribution in [0.15, 0.2) is 52.4 Å². The van der Waals surface area contributed by atoms with Gasteiger partial charge in [-0.3, -0.25) is 10.1 Å². The zero-order chi connectivity index (χ0) is 13.1. The van der Waals surface area contributed by atoms with Gasteiger partial charge in [-0.25, -0.2) is 4.98 Å². The highest BCUT2D eigenvalue weighted by atomic mass is 32.1. The molecule has 0 radical (unpaired) electrons. The van der Waals surface area contributed by atoms with Gasteiger partial charge >= 0.3 is 0 Å². The largest absolute Gasteiger partial charge is 0.457 e. The molecular formula is C14H10N2O2S. The van der Waals surface area contributed by atoms with Gasteiger partial charge in [0.2, 0.25) is 5.91 Å². The van der Waals surface area contributed by atoms with Gasteiger partial charge in [0.1, 0.15) is 11.3 Å². The van der Waals surface area contributed by atoms with E-state index in [0.717, 1.165) is 11.0 Å². The number of carbonyl (C=O) groups is 1. The van der Waals surface area contributed by atoms with Crippen molar-refractivity contribution in [1.82, 2.24) is 4.98 Å². The zero-order valence-corrected chi connectivity index (χ0v) is 10.7. The van der Waals surface area contributed by atoms with Gasteiger partial charge in [-0.1, -0.05) is 18.2 Å². The fraction of sp³-hybridized carbons (Fsp3) is 0. The van der Waals surface area contributed by atoms with Crippen molar-refractivity contribution in [2.24, 2.45) is 0 Å². The molecule has 3 rings (SSSR count). The summed E-state index contributed by atoms with van der Waals surface area (Å²) in [6.45, 7) is 0. The molecule has 0 atom stereocenters. The quantitative estimate of drug-likeness (QED) is 0.740. The van der Waals surface area contributed by atoms with Gasteiger partial charge in [0.25, 0.3) is 0 Å². The molecule has 0 aliphatic carbocycles. The van der Waals surface area contributed by atoms with Crippen LogP contribution in [0.5, 0.6) is 0 Å². The number of rotatable bonds is 3. The predicted octanol–water partition coefficient (Wildman–Crippen LogP) is 3.54. The Bertz CT molecular complexity index is 696. The number of fused-ring (bicyclic) bond motifs is 1. The fourth-order valence-corrected chi connectivity index (χ4v) is 2.21. The molecule has 1 N–H and O–H groups in total. The number of nitrogens with one attached hydrogen (secondary N) is 1. The summed E-state index contributed by atoms with van der Waals surface area (Å²) < 4.78 is 5.57. The van der Waals surface area contributed by atoms with Gasteiger partial charge in [0.05, 0.1) is 0 Å². The topological polar surface area (TPSA) is 55.1 Å². The molecule has 0 aliphatic heterocycles. The van der Waals surface area contributed by atoms with E-state index in [-0.39, 0.29) is 5.91 Å². The van der Waals surface area contributed by atoms with E-state index in [4.69, 9.17) is 4.42 Å². The Labute approximate surface area is 113 Å². The van der Waals surface area contributed by atoms with Crippen LogP contribution in [0, 0.1) is 0 Å². The molecule has 0 saturated heterocycles. The standard InChI is InChI=1S/C14H10N2O2S/c17-13(16-14-15-7-8-19-14)6-5-11-9-10-3-1-2-4-12(10)18-11/h1-9H,(H,15,16,17)/b6-5+. The molecule has 5 heteroatoms. The highest BCUT2D eigenvalue weighted by molar-refractivity contribution is 7.13. The number of aromatic nitrogens is 1. The maximum Gasteiger partial charge on any atom is 0.250 e. The van der Waals surface area contributed by atoms with Gasteiger partial charge in [-0.15, -0.1) is 11.3 Å². The van der Waals surface area contributed by atoms with E-state index in [1.54, 1.807) is 17.7 Å². The highest BCUT2D eigenvalue weighted by Crippen LogP contribution is 2.19. The monoisotopic (exact) mass is 270 g/mol. The second-order valence-electron chi connectivity index (χ2n) is 3.85. The van der Waals surface area contributed by atoms with Crippen molar-refractivity contribution in [3.8, 4) is 0 Å². The van der Waals surface area contributed by atoms with Gasteiger partial charge in [-0.05, 0) is 18.2 Å². The number of carbonyl (C=O) groups excluding carboxylic acids is 1. The maximum absolute atomic E-state index is 11.6. The van der Waals surface area contributed by atoms with E-state index in [1.165, 1.54) is 17.4 Å². The van der Waals surface area contributed by atoms with Gasteiger partial charge < -0.3 is 4.42 Å². The first-order valence-electron chi connectivity index (χ1n) is 5.68. The second kappa shape index (κ2) is 5.07. The van der Waals surface area contributed by atoms with Crippen LogP contribution < -0.4 is 5.32 Å². The number of anilines is 1. The van der Waals surface area contributed by atoms with Crippen molar-refractivity contribution in [3.63, 3.8) is 0 Å². The molecule has 0 aliphatic rings. The molecule has 19 heavy (non-hydrogen) atoms. The third-order valence-corrected chi connectivity index (χ3v) is 3.19. The molecule has 94 valence electrons. The van der Waals surface area contributed by atoms with Crippen molar-refractivity contribution in [2.75, 3.05) is 5.32 Å². The Hall–Kier alpha value is -2.40. The zero-order valence-electron chi connectivity index (χ0n) is 9.87. The fourth-order valence-electron chi connectivity index (χ4n) is 1.67. The lowest BCUT2D eigenvalue weighted by atomic mass is 10.2. The van der Waals surface area contributed by atoms with Crippen LogP contribution >= 0.6 is 11.3 Å². The summed E-state index contributed by atoms with van der Waals surface area (Å²) in [5.41, 5.74) is 0.808. The minimum absolute atomic E-state index is 0.226. The van der Waals surface area contributed by atoms with E-state index in [0.29, 0.717) is 10.9 Å². The second-order valence-corrected chi connectivity index (χ2v) is 4.74. The van der Waals surface area contributed by atoms with E-state index in [9.17, 15) is 4.79 Å². The summed E-state index contributed by atoms with van der Waals surface area (Å²) in [5.74, 6) is 0.422. The molecule has 4 nitrogen and oxygen atoms in total. The third kappa shape index (κ3) is 2.71. The van der Waals surface area contributed by atoms with E-state index in [2.05, 4.69) is 10.3 Å². The van der Waals surface area contributed by atoms with Crippen LogP contribution in [0.25, 0.3) is 17.0 Å². The molecule has 1 aromatic carbocycles. The molecule has 2 aromatic heterocycles. The number of benzene rings is 1. The number of furan rings is 1. The van der Waals surface area contributed by atoms with Crippen LogP contribution in [0.3, 0.4) is 0 Å². The van der Waals surface area contributed by atoms with Crippen LogP contribution in [0.2, 0.25) is 0 Å². The Kier molecular flexibility index (Phi) is 3.12. The van der Waals surface area contributed by atoms with Crippen LogP contribution in [-0.2, 0) is 4.79 Å². The Morgan fingerprint density at radius 1 is 1.37 bits per heavy atom. The molecule has 0 unspecified atom stereocenters. The summed E-state index contributed by atoms with van der Waals surface area (Å²) in [6.07, 6.45) is 4.71. The van der Waals surface area contributed by atoms with E-state index >= 15 is 0 Å². The maximum atomic E-state index is 11.6. The first kappa shape index (κ1) is 11.7. The highest BCUT2D eigenvalue weighted by Gasteiger charge is 2.02. The molecule has 0 fully saturated rings. The number of nitrogens with zero attached hydrogens (tertiary/aromatic N) is 1. The number of hydrogen-bond acceptors (Lipinski definition) is 4. The lowest BCUT2D eigenvalue weighted by Gasteiger charge is -1.93. The minimum Gasteiger partial charge on any atom is -0.457 e. The van der Waals surface area contributed by atoms with Crippen LogP contribution in [-0.4, -0.2) is 10.9 Å². The van der Waals surface area contributed by atoms with Crippen molar-refractivity contribution in [1.29, 1.82) is 0 Å². The molecule has 1 amide bonds. The van der Waals surface area contributed by atoms with Gasteiger partial charge in [0, 0.05) is 23.0 Å². The Morgan fingerprint density at radius 3 is 3.05 bits per heavy atom. The first-order valence-corrected chi connectivity index (χ1v) is 6.56. The summed E-state index contributed by atoms with van der Waals surface area (Å²) in [5, 5.41) is 6.07. The van der Waals surface area contributed by atoms with E-state index < -0.39 is 0 Å². The van der Waals surface area contributed by atoms with Gasteiger partial charge in [0.15, 0.2) is 5.13 Å². The number of amides is 1. The molecule has 0 saturated carbocycles. The molecule has 0 bridgehead atoms. The average molecular weight is 270 g/mol. The number of hydrogen-bond donors (Lipinski definition) is 1. The van der Waals surface area contributed by atoms with Crippen molar-refractivity contribution in [2.45, 2.75) is 0 Å². The molecular weight excluding hydrogens is 260 g/mol. The SMILES string of the molecule is O=C(/C=C/c1cc2ccccc2o1)Nc1nccs1. The summed E-state index contributed by atoms with van der Waals surface area (Å²) >= 11 is 1.38. The summed E-state index contributed by atoms with van der Waals surface area (Å²) in [4.78, 5) is 15.6. The lowest BCUT2D eigenvalue weighted by Crippen LogP contribution is -2.06. The van der Waals surface area contributed by atoms with E-state index in [1.807, 2.05) is 30.3 Å². The molecule has 2 heterocycles. The predicted molar refractivity (Wildman–Crippen MR) is 76.0 cm³/mol. The Morgan fingerprint density at radius 2 is 2.26 bits per heavy atom. The smallest absolute Gasteiger partial charge is 0.250 e. The van der Waals surface area contributed by atoms with Crippen molar-refractivity contribution in [3.05, 3.63) is 53.7 Å². The molecule has 0 spiro atoms. The van der Waals surface area contributed by atoms with Crippen molar-refractivity contribution < 1.29 is 9.21 Å². The van der Waals surface area contributed by atoms with Crippen LogP contribution in [0.4, 0.5) is 5.13 Å². The third-order valence-electron chi connectivity index (χ3n) is 2.51. The average Bonchev–Trinajstić information content (AvgIpc) is 3.04.